The number of hydrogen-bond donors (Lipinski definition) is 2. The lowest BCUT2D eigenvalue weighted by Crippen LogP contribution is -2.40. The standard InChI is InChI=1S/C24H29N3O4/c1-4-27(21-7-5-6-20-19(21)12-13-22(28)26-20)14-15-31-24(30)17(3)25-23(29)18-10-8-16(2)9-11-18/h5-11,17H,4,12-15H2,1-3H3,(H,25,29)(H,26,28)/t17-/m0/s1. The Morgan fingerprint density at radius 3 is 2.61 bits per heavy atom. The SMILES string of the molecule is CCN(CCOC(=O)[C@H](C)NC(=O)c1ccc(C)cc1)c1cccc2c1CCC(=O)N2. The van der Waals surface area contributed by atoms with Crippen LogP contribution in [0.1, 0.15) is 41.8 Å². The summed E-state index contributed by atoms with van der Waals surface area (Å²) in [6, 6.07) is 12.3. The van der Waals surface area contributed by atoms with E-state index >= 15 is 0 Å². The third-order valence-corrected chi connectivity index (χ3v) is 5.37. The molecule has 0 saturated heterocycles. The molecule has 0 spiro atoms. The first-order chi connectivity index (χ1) is 14.9. The van der Waals surface area contributed by atoms with Gasteiger partial charge in [-0.1, -0.05) is 23.8 Å². The molecule has 2 N–H and O–H groups in total. The number of likely N-dealkylation sites (N-methyl/N-ethyl adjacent to an activating group) is 1. The molecule has 7 nitrogen and oxygen atoms in total. The van der Waals surface area contributed by atoms with E-state index in [2.05, 4.69) is 15.5 Å². The van der Waals surface area contributed by atoms with E-state index in [-0.39, 0.29) is 18.4 Å². The first-order valence-corrected chi connectivity index (χ1v) is 10.6. The first-order valence-electron chi connectivity index (χ1n) is 10.6. The molecule has 0 saturated carbocycles. The summed E-state index contributed by atoms with van der Waals surface area (Å²) in [4.78, 5) is 38.4. The van der Waals surface area contributed by atoms with Crippen LogP contribution in [0.15, 0.2) is 42.5 Å². The van der Waals surface area contributed by atoms with Crippen molar-refractivity contribution in [2.45, 2.75) is 39.7 Å². The number of amides is 2. The highest BCUT2D eigenvalue weighted by molar-refractivity contribution is 5.97. The molecule has 0 aromatic heterocycles. The van der Waals surface area contributed by atoms with E-state index in [1.54, 1.807) is 19.1 Å². The number of carbonyl (C=O) groups is 3. The van der Waals surface area contributed by atoms with Crippen LogP contribution in [0.2, 0.25) is 0 Å². The molecule has 2 amide bonds. The van der Waals surface area contributed by atoms with Crippen LogP contribution < -0.4 is 15.5 Å². The predicted octanol–water partition coefficient (Wildman–Crippen LogP) is 3.07. The minimum absolute atomic E-state index is 0.0308. The molecule has 1 aliphatic heterocycles. The molecule has 1 atom stereocenters. The lowest BCUT2D eigenvalue weighted by Gasteiger charge is -2.29. The van der Waals surface area contributed by atoms with Crippen LogP contribution in [0.3, 0.4) is 0 Å². The highest BCUT2D eigenvalue weighted by Crippen LogP contribution is 2.31. The second-order valence-corrected chi connectivity index (χ2v) is 7.66. The number of carbonyl (C=O) groups excluding carboxylic acids is 3. The second-order valence-electron chi connectivity index (χ2n) is 7.66. The maximum Gasteiger partial charge on any atom is 0.328 e. The smallest absolute Gasteiger partial charge is 0.328 e. The largest absolute Gasteiger partial charge is 0.462 e. The van der Waals surface area contributed by atoms with Gasteiger partial charge in [-0.15, -0.1) is 0 Å². The number of nitrogens with one attached hydrogen (secondary N) is 2. The van der Waals surface area contributed by atoms with Gasteiger partial charge in [0.15, 0.2) is 0 Å². The van der Waals surface area contributed by atoms with Crippen molar-refractivity contribution in [2.75, 3.05) is 29.9 Å². The Labute approximate surface area is 182 Å². The van der Waals surface area contributed by atoms with E-state index in [9.17, 15) is 14.4 Å². The van der Waals surface area contributed by atoms with Crippen LogP contribution in [-0.2, 0) is 20.7 Å². The number of rotatable bonds is 8. The van der Waals surface area contributed by atoms with E-state index < -0.39 is 12.0 Å². The summed E-state index contributed by atoms with van der Waals surface area (Å²) in [6.07, 6.45) is 1.16. The van der Waals surface area contributed by atoms with Crippen LogP contribution >= 0.6 is 0 Å². The van der Waals surface area contributed by atoms with Gasteiger partial charge in [-0.3, -0.25) is 9.59 Å². The normalized spacial score (nSPS) is 13.6. The number of ether oxygens (including phenoxy) is 1. The summed E-state index contributed by atoms with van der Waals surface area (Å²) in [5.41, 5.74) is 4.55. The number of nitrogens with zero attached hydrogens (tertiary/aromatic N) is 1. The highest BCUT2D eigenvalue weighted by atomic mass is 16.5. The molecule has 3 rings (SSSR count). The minimum atomic E-state index is -0.747. The fourth-order valence-electron chi connectivity index (χ4n) is 3.58. The third-order valence-electron chi connectivity index (χ3n) is 5.37. The Kier molecular flexibility index (Phi) is 7.28. The predicted molar refractivity (Wildman–Crippen MR) is 120 cm³/mol. The summed E-state index contributed by atoms with van der Waals surface area (Å²) < 4.78 is 5.41. The zero-order valence-corrected chi connectivity index (χ0v) is 18.2. The fourth-order valence-corrected chi connectivity index (χ4v) is 3.58. The van der Waals surface area contributed by atoms with E-state index in [1.165, 1.54) is 0 Å². The van der Waals surface area contributed by atoms with Gasteiger partial charge in [0.2, 0.25) is 5.91 Å². The van der Waals surface area contributed by atoms with E-state index in [1.807, 2.05) is 44.2 Å². The maximum atomic E-state index is 12.3. The minimum Gasteiger partial charge on any atom is -0.462 e. The fraction of sp³-hybridized carbons (Fsp3) is 0.375. The Morgan fingerprint density at radius 1 is 1.16 bits per heavy atom. The molecule has 0 fully saturated rings. The molecular weight excluding hydrogens is 394 g/mol. The quantitative estimate of drug-likeness (QED) is 0.637. The molecular formula is C24H29N3O4. The van der Waals surface area contributed by atoms with E-state index in [4.69, 9.17) is 4.74 Å². The zero-order valence-electron chi connectivity index (χ0n) is 18.2. The Hall–Kier alpha value is -3.35. The van der Waals surface area contributed by atoms with Gasteiger partial charge in [0.05, 0.1) is 6.54 Å². The van der Waals surface area contributed by atoms with Gasteiger partial charge in [0.25, 0.3) is 5.91 Å². The van der Waals surface area contributed by atoms with Crippen molar-refractivity contribution in [2.24, 2.45) is 0 Å². The van der Waals surface area contributed by atoms with Crippen molar-refractivity contribution in [3.05, 3.63) is 59.2 Å². The molecule has 1 heterocycles. The van der Waals surface area contributed by atoms with Gasteiger partial charge >= 0.3 is 5.97 Å². The van der Waals surface area contributed by atoms with Gasteiger partial charge in [-0.05, 0) is 57.0 Å². The maximum absolute atomic E-state index is 12.3. The molecule has 0 radical (unpaired) electrons. The average Bonchev–Trinajstić information content (AvgIpc) is 2.76. The molecule has 164 valence electrons. The van der Waals surface area contributed by atoms with Crippen molar-refractivity contribution in [1.29, 1.82) is 0 Å². The topological polar surface area (TPSA) is 87.7 Å². The second kappa shape index (κ2) is 10.1. The highest BCUT2D eigenvalue weighted by Gasteiger charge is 2.21. The van der Waals surface area contributed by atoms with E-state index in [0.717, 1.165) is 29.0 Å². The number of esters is 1. The Morgan fingerprint density at radius 2 is 1.90 bits per heavy atom. The summed E-state index contributed by atoms with van der Waals surface area (Å²) in [6.45, 7) is 7.05. The van der Waals surface area contributed by atoms with Crippen LogP contribution in [-0.4, -0.2) is 43.5 Å². The van der Waals surface area contributed by atoms with Gasteiger partial charge in [-0.25, -0.2) is 4.79 Å². The van der Waals surface area contributed by atoms with Crippen molar-refractivity contribution >= 4 is 29.2 Å². The molecule has 0 unspecified atom stereocenters. The zero-order chi connectivity index (χ0) is 22.4. The lowest BCUT2D eigenvalue weighted by molar-refractivity contribution is -0.145. The number of fused-ring (bicyclic) bond motifs is 1. The van der Waals surface area contributed by atoms with Gasteiger partial charge in [0, 0.05) is 29.9 Å². The summed E-state index contributed by atoms with van der Waals surface area (Å²) >= 11 is 0. The number of aryl methyl sites for hydroxylation is 1. The van der Waals surface area contributed by atoms with Crippen LogP contribution in [0.5, 0.6) is 0 Å². The lowest BCUT2D eigenvalue weighted by atomic mass is 10.00. The average molecular weight is 424 g/mol. The van der Waals surface area contributed by atoms with Crippen molar-refractivity contribution in [3.63, 3.8) is 0 Å². The van der Waals surface area contributed by atoms with Crippen molar-refractivity contribution < 1.29 is 19.1 Å². The Bertz CT molecular complexity index is 956. The molecule has 0 bridgehead atoms. The van der Waals surface area contributed by atoms with Crippen molar-refractivity contribution in [3.8, 4) is 0 Å². The van der Waals surface area contributed by atoms with Gasteiger partial charge < -0.3 is 20.3 Å². The number of hydrogen-bond acceptors (Lipinski definition) is 5. The van der Waals surface area contributed by atoms with Crippen LogP contribution in [0.25, 0.3) is 0 Å². The summed E-state index contributed by atoms with van der Waals surface area (Å²) in [5.74, 6) is -0.750. The number of benzene rings is 2. The van der Waals surface area contributed by atoms with E-state index in [0.29, 0.717) is 24.9 Å². The van der Waals surface area contributed by atoms with Crippen LogP contribution in [0, 0.1) is 6.92 Å². The molecule has 1 aliphatic rings. The molecule has 7 heteroatoms. The molecule has 2 aromatic carbocycles. The van der Waals surface area contributed by atoms with Gasteiger partial charge in [-0.2, -0.15) is 0 Å². The summed E-state index contributed by atoms with van der Waals surface area (Å²) in [5, 5.41) is 5.59. The first kappa shape index (κ1) is 22.3. The molecule has 0 aliphatic carbocycles. The van der Waals surface area contributed by atoms with Crippen LogP contribution in [0.4, 0.5) is 11.4 Å². The third kappa shape index (κ3) is 5.63. The van der Waals surface area contributed by atoms with Gasteiger partial charge in [0.1, 0.15) is 12.6 Å². The molecule has 31 heavy (non-hydrogen) atoms. The summed E-state index contributed by atoms with van der Waals surface area (Å²) in [7, 11) is 0. The van der Waals surface area contributed by atoms with Crippen molar-refractivity contribution in [1.82, 2.24) is 5.32 Å². The molecule has 2 aromatic rings. The Balaban J connectivity index is 1.53. The number of anilines is 2. The monoisotopic (exact) mass is 423 g/mol.